The summed E-state index contributed by atoms with van der Waals surface area (Å²) in [6.07, 6.45) is 4.79. The second kappa shape index (κ2) is 12.4. The van der Waals surface area contributed by atoms with E-state index in [1.807, 2.05) is 0 Å². The summed E-state index contributed by atoms with van der Waals surface area (Å²) in [4.78, 5) is 0. The van der Waals surface area contributed by atoms with Crippen LogP contribution in [-0.4, -0.2) is 5.43 Å². The van der Waals surface area contributed by atoms with Crippen molar-refractivity contribution >= 4 is 45.0 Å². The van der Waals surface area contributed by atoms with E-state index in [1.54, 1.807) is 0 Å². The molecule has 6 aromatic rings. The van der Waals surface area contributed by atoms with Gasteiger partial charge in [-0.1, -0.05) is 0 Å². The molecule has 0 aliphatic heterocycles. The van der Waals surface area contributed by atoms with E-state index in [4.69, 9.17) is 17.0 Å². The Morgan fingerprint density at radius 1 is 0.438 bits per heavy atom. The molecule has 0 aromatic heterocycles. The van der Waals surface area contributed by atoms with Crippen molar-refractivity contribution in [2.75, 3.05) is 0 Å². The Hall–Kier alpha value is -3.52. The van der Waals surface area contributed by atoms with Gasteiger partial charge in [0.1, 0.15) is 0 Å². The molecule has 8 rings (SSSR count). The van der Waals surface area contributed by atoms with Crippen molar-refractivity contribution in [3.05, 3.63) is 191 Å². The Balaban J connectivity index is 1.51. The van der Waals surface area contributed by atoms with Crippen LogP contribution < -0.4 is 10.4 Å². The van der Waals surface area contributed by atoms with Crippen molar-refractivity contribution in [3.8, 4) is 22.3 Å². The van der Waals surface area contributed by atoms with Gasteiger partial charge in [0.15, 0.2) is 0 Å². The Morgan fingerprint density at radius 2 is 0.792 bits per heavy atom. The van der Waals surface area contributed by atoms with Crippen LogP contribution in [0.15, 0.2) is 169 Å². The van der Waals surface area contributed by atoms with Crippen molar-refractivity contribution < 1.29 is 15.0 Å². The Morgan fingerprint density at radius 3 is 1.17 bits per heavy atom. The molecule has 2 aliphatic rings. The monoisotopic (exact) mass is 752 g/mol. The number of hydrogen-bond donors (Lipinski definition) is 0. The average Bonchev–Trinajstić information content (AvgIpc) is 3.66. The molecule has 2 aliphatic carbocycles. The van der Waals surface area contributed by atoms with Crippen molar-refractivity contribution in [2.24, 2.45) is 0 Å². The van der Waals surface area contributed by atoms with Gasteiger partial charge in [0.25, 0.3) is 0 Å². The minimum absolute atomic E-state index is 0.0672. The number of halogens is 2. The van der Waals surface area contributed by atoms with Gasteiger partial charge in [-0.15, -0.1) is 0 Å². The Labute approximate surface area is 292 Å². The van der Waals surface area contributed by atoms with Crippen LogP contribution in [0.2, 0.25) is 0 Å². The zero-order valence-corrected chi connectivity index (χ0v) is 32.0. The van der Waals surface area contributed by atoms with Crippen LogP contribution in [-0.2, 0) is 15.0 Å². The van der Waals surface area contributed by atoms with Gasteiger partial charge >= 0.3 is 294 Å². The molecule has 0 saturated carbocycles. The van der Waals surface area contributed by atoms with Crippen LogP contribution in [0.1, 0.15) is 43.4 Å². The summed E-state index contributed by atoms with van der Waals surface area (Å²) in [5.41, 5.74) is 10.8. The predicted molar refractivity (Wildman–Crippen MR) is 206 cm³/mol. The van der Waals surface area contributed by atoms with E-state index < -0.39 is 20.4 Å². The summed E-state index contributed by atoms with van der Waals surface area (Å²) in [5.74, 6) is 0. The van der Waals surface area contributed by atoms with Gasteiger partial charge in [-0.05, 0) is 0 Å². The van der Waals surface area contributed by atoms with Gasteiger partial charge in [-0.25, -0.2) is 0 Å². The van der Waals surface area contributed by atoms with Crippen LogP contribution in [0, 0.1) is 0 Å². The molecule has 0 radical (unpaired) electrons. The first kappa shape index (κ1) is 31.7. The van der Waals surface area contributed by atoms with Crippen molar-refractivity contribution in [1.82, 2.24) is 0 Å². The van der Waals surface area contributed by atoms with Crippen molar-refractivity contribution in [1.29, 1.82) is 0 Å². The van der Waals surface area contributed by atoms with Gasteiger partial charge in [0.05, 0.1) is 0 Å². The third-order valence-corrected chi connectivity index (χ3v) is 48.7. The number of benzene rings is 6. The molecule has 0 spiro atoms. The van der Waals surface area contributed by atoms with Gasteiger partial charge in [0, 0.05) is 0 Å². The van der Waals surface area contributed by atoms with E-state index in [0.29, 0.717) is 0 Å². The SMILES string of the molecule is CC1=Cc2c(-c3ccccc3)cccc2[CH]1[Zr]([Cl])([Cl])([CH]1C(C)=Cc2c(-c3ccccc3)cccc21)=[Si](c1ccccc1)c1ccccc1. The summed E-state index contributed by atoms with van der Waals surface area (Å²) >= 11 is -5.37. The molecule has 48 heavy (non-hydrogen) atoms. The third kappa shape index (κ3) is 5.04. The predicted octanol–water partition coefficient (Wildman–Crippen LogP) is 11.4. The van der Waals surface area contributed by atoms with E-state index in [0.717, 1.165) is 0 Å². The van der Waals surface area contributed by atoms with E-state index in [2.05, 4.69) is 184 Å². The fraction of sp³-hybridized carbons (Fsp3) is 0.0909. The second-order valence-electron chi connectivity index (χ2n) is 13.3. The summed E-state index contributed by atoms with van der Waals surface area (Å²) in [7, 11) is 18.0. The molecule has 0 heterocycles. The fourth-order valence-electron chi connectivity index (χ4n) is 8.63. The minimum atomic E-state index is -5.37. The van der Waals surface area contributed by atoms with E-state index in [-0.39, 0.29) is 7.25 Å². The normalized spacial score (nSPS) is 16.9. The Bertz CT molecular complexity index is 2140. The first-order valence-corrected chi connectivity index (χ1v) is 31.0. The molecule has 0 amide bonds. The van der Waals surface area contributed by atoms with Gasteiger partial charge in [-0.2, -0.15) is 0 Å². The second-order valence-corrected chi connectivity index (χ2v) is 48.2. The molecular weight excluding hydrogens is 719 g/mol. The topological polar surface area (TPSA) is 0 Å². The molecule has 0 saturated heterocycles. The van der Waals surface area contributed by atoms with E-state index in [1.165, 1.54) is 66.0 Å². The van der Waals surface area contributed by atoms with Crippen LogP contribution in [0.3, 0.4) is 0 Å². The van der Waals surface area contributed by atoms with Crippen molar-refractivity contribution in [3.63, 3.8) is 0 Å². The van der Waals surface area contributed by atoms with Gasteiger partial charge in [-0.3, -0.25) is 0 Å². The maximum atomic E-state index is 9.02. The first-order valence-electron chi connectivity index (χ1n) is 16.6. The fourth-order valence-corrected chi connectivity index (χ4v) is 55.1. The summed E-state index contributed by atoms with van der Waals surface area (Å²) in [6, 6.07) is 56.9. The number of fused-ring (bicyclic) bond motifs is 2. The van der Waals surface area contributed by atoms with Crippen LogP contribution in [0.25, 0.3) is 34.4 Å². The molecule has 234 valence electrons. The molecule has 0 fully saturated rings. The van der Waals surface area contributed by atoms with Crippen LogP contribution >= 0.6 is 17.0 Å². The molecule has 6 aromatic carbocycles. The van der Waals surface area contributed by atoms with Crippen LogP contribution in [0.4, 0.5) is 0 Å². The molecule has 0 N–H and O–H groups in total. The zero-order chi connectivity index (χ0) is 32.9. The van der Waals surface area contributed by atoms with E-state index in [9.17, 15) is 0 Å². The molecule has 2 unspecified atom stereocenters. The van der Waals surface area contributed by atoms with Gasteiger partial charge < -0.3 is 0 Å². The number of hydrogen-bond acceptors (Lipinski definition) is 0. The summed E-state index contributed by atoms with van der Waals surface area (Å²) in [5, 5.41) is 2.57. The molecule has 0 nitrogen and oxygen atoms in total. The first-order chi connectivity index (χ1) is 23.4. The van der Waals surface area contributed by atoms with Gasteiger partial charge in [0.2, 0.25) is 0 Å². The third-order valence-electron chi connectivity index (χ3n) is 10.4. The number of allylic oxidation sites excluding steroid dienone is 2. The molecule has 2 atom stereocenters. The van der Waals surface area contributed by atoms with Crippen molar-refractivity contribution in [2.45, 2.75) is 21.1 Å². The molecule has 4 heteroatoms. The van der Waals surface area contributed by atoms with Crippen LogP contribution in [0.5, 0.6) is 0 Å². The standard InChI is InChI=1S/2C16H13.C12H10Si.2ClH.Zr/c2*1-12-10-14-8-5-9-15(16(14)11-12)13-6-3-2-4-7-13;1-3-7-11(8-4-1)13-12-9-5-2-6-10-12;;;/h2*2-11H,1H3;1-10H;2*1H;/q;;;;;+2/p-2. The average molecular weight is 755 g/mol. The molecular formula is C44H36Cl2SiZr. The quantitative estimate of drug-likeness (QED) is 0.149. The molecule has 0 bridgehead atoms. The summed E-state index contributed by atoms with van der Waals surface area (Å²) < 4.78 is -0.134. The summed E-state index contributed by atoms with van der Waals surface area (Å²) in [6.45, 7) is 4.56. The maximum absolute atomic E-state index is 9.02. The van der Waals surface area contributed by atoms with E-state index >= 15 is 0 Å². The Kier molecular flexibility index (Phi) is 8.21. The number of rotatable bonds is 6. The zero-order valence-electron chi connectivity index (χ0n) is 27.1.